The molecule has 0 spiro atoms. The lowest BCUT2D eigenvalue weighted by Gasteiger charge is -2.05. The van der Waals surface area contributed by atoms with Crippen molar-refractivity contribution in [2.24, 2.45) is 0 Å². The Morgan fingerprint density at radius 1 is 1.33 bits per heavy atom. The van der Waals surface area contributed by atoms with Crippen LogP contribution in [0.5, 0.6) is 5.75 Å². The summed E-state index contributed by atoms with van der Waals surface area (Å²) in [5.41, 5.74) is 0.961. The molecule has 0 radical (unpaired) electrons. The van der Waals surface area contributed by atoms with Crippen LogP contribution in [0.2, 0.25) is 0 Å². The van der Waals surface area contributed by atoms with Crippen molar-refractivity contribution in [2.75, 3.05) is 11.9 Å². The second kappa shape index (κ2) is 3.73. The Morgan fingerprint density at radius 3 is 2.87 bits per heavy atom. The first-order chi connectivity index (χ1) is 7.22. The van der Waals surface area contributed by atoms with Crippen molar-refractivity contribution >= 4 is 17.4 Å². The van der Waals surface area contributed by atoms with Gasteiger partial charge in [0.25, 0.3) is 11.7 Å². The van der Waals surface area contributed by atoms with Crippen LogP contribution in [-0.4, -0.2) is 18.3 Å². The third-order valence-electron chi connectivity index (χ3n) is 2.16. The minimum atomic E-state index is -0.572. The van der Waals surface area contributed by atoms with Crippen LogP contribution in [-0.2, 0) is 4.79 Å². The number of anilines is 1. The Labute approximate surface area is 87.2 Å². The number of carbonyl (C=O) groups excluding carboxylic acids is 2. The van der Waals surface area contributed by atoms with Gasteiger partial charge in [-0.05, 0) is 18.6 Å². The summed E-state index contributed by atoms with van der Waals surface area (Å²) in [6, 6.07) is 4.99. The minimum absolute atomic E-state index is 0.420. The van der Waals surface area contributed by atoms with Crippen LogP contribution in [0.3, 0.4) is 0 Å². The van der Waals surface area contributed by atoms with Crippen LogP contribution in [0.4, 0.5) is 5.69 Å². The molecule has 1 aliphatic heterocycles. The summed E-state index contributed by atoms with van der Waals surface area (Å²) in [6.45, 7) is 2.64. The van der Waals surface area contributed by atoms with E-state index in [-0.39, 0.29) is 0 Å². The van der Waals surface area contributed by atoms with Gasteiger partial charge in [-0.25, -0.2) is 0 Å². The zero-order chi connectivity index (χ0) is 10.8. The highest BCUT2D eigenvalue weighted by atomic mass is 16.5. The van der Waals surface area contributed by atoms with Gasteiger partial charge in [-0.3, -0.25) is 9.59 Å². The standard InChI is InChI=1S/C11H11NO3/c1-2-5-15-7-3-4-8-9(6-7)12-11(14)10(8)13/h3-4,6H,2,5H2,1H3,(H,12,13,14). The number of rotatable bonds is 3. The van der Waals surface area contributed by atoms with E-state index in [4.69, 9.17) is 4.74 Å². The highest BCUT2D eigenvalue weighted by Gasteiger charge is 2.27. The van der Waals surface area contributed by atoms with Crippen molar-refractivity contribution in [2.45, 2.75) is 13.3 Å². The first-order valence-corrected chi connectivity index (χ1v) is 4.85. The lowest BCUT2D eigenvalue weighted by molar-refractivity contribution is -0.112. The number of amides is 1. The van der Waals surface area contributed by atoms with Crippen LogP contribution in [0, 0.1) is 0 Å². The molecule has 78 valence electrons. The van der Waals surface area contributed by atoms with Gasteiger partial charge < -0.3 is 10.1 Å². The topological polar surface area (TPSA) is 55.4 Å². The van der Waals surface area contributed by atoms with E-state index in [1.807, 2.05) is 6.92 Å². The van der Waals surface area contributed by atoms with Gasteiger partial charge in [0.1, 0.15) is 5.75 Å². The summed E-state index contributed by atoms with van der Waals surface area (Å²) >= 11 is 0. The fourth-order valence-electron chi connectivity index (χ4n) is 1.44. The molecule has 0 bridgehead atoms. The van der Waals surface area contributed by atoms with E-state index in [2.05, 4.69) is 5.32 Å². The summed E-state index contributed by atoms with van der Waals surface area (Å²) in [7, 11) is 0. The number of ketones is 1. The average molecular weight is 205 g/mol. The van der Waals surface area contributed by atoms with Crippen LogP contribution in [0.1, 0.15) is 23.7 Å². The van der Waals surface area contributed by atoms with Crippen LogP contribution in [0.15, 0.2) is 18.2 Å². The smallest absolute Gasteiger partial charge is 0.296 e. The quantitative estimate of drug-likeness (QED) is 0.763. The summed E-state index contributed by atoms with van der Waals surface area (Å²) < 4.78 is 5.39. The van der Waals surface area contributed by atoms with Gasteiger partial charge in [0.15, 0.2) is 0 Å². The molecule has 0 saturated carbocycles. The summed E-state index contributed by atoms with van der Waals surface area (Å²) in [5, 5.41) is 2.50. The predicted molar refractivity (Wildman–Crippen MR) is 55.2 cm³/mol. The van der Waals surface area contributed by atoms with Crippen LogP contribution in [0.25, 0.3) is 0 Å². The Hall–Kier alpha value is -1.84. The fourth-order valence-corrected chi connectivity index (χ4v) is 1.44. The van der Waals surface area contributed by atoms with Crippen molar-refractivity contribution in [1.29, 1.82) is 0 Å². The third-order valence-corrected chi connectivity index (χ3v) is 2.16. The first kappa shape index (κ1) is 9.71. The lowest BCUT2D eigenvalue weighted by atomic mass is 10.1. The van der Waals surface area contributed by atoms with E-state index >= 15 is 0 Å². The number of nitrogens with one attached hydrogen (secondary N) is 1. The average Bonchev–Trinajstić information content (AvgIpc) is 2.52. The van der Waals surface area contributed by atoms with E-state index in [1.165, 1.54) is 0 Å². The summed E-state index contributed by atoms with van der Waals surface area (Å²) in [4.78, 5) is 22.3. The molecule has 1 aromatic rings. The molecule has 0 atom stereocenters. The molecule has 4 nitrogen and oxygen atoms in total. The van der Waals surface area contributed by atoms with Crippen molar-refractivity contribution < 1.29 is 14.3 Å². The van der Waals surface area contributed by atoms with E-state index in [9.17, 15) is 9.59 Å². The molecule has 2 rings (SSSR count). The molecule has 0 aromatic heterocycles. The monoisotopic (exact) mass is 205 g/mol. The zero-order valence-electron chi connectivity index (χ0n) is 8.37. The number of carbonyl (C=O) groups is 2. The fraction of sp³-hybridized carbons (Fsp3) is 0.273. The second-order valence-electron chi connectivity index (χ2n) is 3.34. The largest absolute Gasteiger partial charge is 0.494 e. The SMILES string of the molecule is CCCOc1ccc2c(c1)NC(=O)C2=O. The molecule has 15 heavy (non-hydrogen) atoms. The van der Waals surface area contributed by atoms with E-state index < -0.39 is 11.7 Å². The van der Waals surface area contributed by atoms with Crippen molar-refractivity contribution in [3.63, 3.8) is 0 Å². The molecule has 0 aliphatic carbocycles. The number of hydrogen-bond acceptors (Lipinski definition) is 3. The number of hydrogen-bond donors (Lipinski definition) is 1. The van der Waals surface area contributed by atoms with Gasteiger partial charge in [-0.15, -0.1) is 0 Å². The van der Waals surface area contributed by atoms with E-state index in [0.29, 0.717) is 23.6 Å². The Bertz CT molecular complexity index is 426. The van der Waals surface area contributed by atoms with Gasteiger partial charge in [0.05, 0.1) is 17.9 Å². The third kappa shape index (κ3) is 1.70. The van der Waals surface area contributed by atoms with E-state index in [1.54, 1.807) is 18.2 Å². The van der Waals surface area contributed by atoms with Gasteiger partial charge >= 0.3 is 0 Å². The molecule has 1 heterocycles. The van der Waals surface area contributed by atoms with Crippen LogP contribution < -0.4 is 10.1 Å². The molecule has 1 N–H and O–H groups in total. The molecule has 4 heteroatoms. The number of Topliss-reactive ketones (excluding diaryl/α,β-unsaturated/α-hetero) is 1. The summed E-state index contributed by atoms with van der Waals surface area (Å²) in [6.07, 6.45) is 0.919. The number of ether oxygens (including phenoxy) is 1. The maximum atomic E-state index is 11.3. The number of benzene rings is 1. The number of fused-ring (bicyclic) bond motifs is 1. The highest BCUT2D eigenvalue weighted by Crippen LogP contribution is 2.27. The van der Waals surface area contributed by atoms with Crippen molar-refractivity contribution in [1.82, 2.24) is 0 Å². The van der Waals surface area contributed by atoms with Gasteiger partial charge in [-0.2, -0.15) is 0 Å². The Kier molecular flexibility index (Phi) is 2.41. The maximum absolute atomic E-state index is 11.3. The molecular weight excluding hydrogens is 194 g/mol. The molecule has 0 saturated heterocycles. The Balaban J connectivity index is 2.25. The van der Waals surface area contributed by atoms with Gasteiger partial charge in [-0.1, -0.05) is 6.92 Å². The maximum Gasteiger partial charge on any atom is 0.296 e. The summed E-state index contributed by atoms with van der Waals surface area (Å²) in [5.74, 6) is -0.379. The Morgan fingerprint density at radius 2 is 2.13 bits per heavy atom. The van der Waals surface area contributed by atoms with E-state index in [0.717, 1.165) is 6.42 Å². The molecule has 1 amide bonds. The van der Waals surface area contributed by atoms with Crippen LogP contribution >= 0.6 is 0 Å². The molecule has 0 fully saturated rings. The molecule has 1 aromatic carbocycles. The van der Waals surface area contributed by atoms with Crippen molar-refractivity contribution in [3.8, 4) is 5.75 Å². The second-order valence-corrected chi connectivity index (χ2v) is 3.34. The molecular formula is C11H11NO3. The zero-order valence-corrected chi connectivity index (χ0v) is 8.37. The van der Waals surface area contributed by atoms with Gasteiger partial charge in [0, 0.05) is 6.07 Å². The van der Waals surface area contributed by atoms with Crippen molar-refractivity contribution in [3.05, 3.63) is 23.8 Å². The lowest BCUT2D eigenvalue weighted by Crippen LogP contribution is -2.12. The molecule has 1 aliphatic rings. The van der Waals surface area contributed by atoms with Gasteiger partial charge in [0.2, 0.25) is 0 Å². The minimum Gasteiger partial charge on any atom is -0.494 e. The normalized spacial score (nSPS) is 13.7. The first-order valence-electron chi connectivity index (χ1n) is 4.85. The highest BCUT2D eigenvalue weighted by molar-refractivity contribution is 6.51. The molecule has 0 unspecified atom stereocenters. The predicted octanol–water partition coefficient (Wildman–Crippen LogP) is 1.61.